The highest BCUT2D eigenvalue weighted by molar-refractivity contribution is 5.82. The number of hydrogen-bond donors (Lipinski definition) is 2. The van der Waals surface area contributed by atoms with E-state index in [0.717, 1.165) is 4.90 Å². The first-order valence-electron chi connectivity index (χ1n) is 2.73. The SMILES string of the molecule is CN(CC(=O)O)C(=O)[14CH2]N. The highest BCUT2D eigenvalue weighted by Crippen LogP contribution is 1.80. The molecule has 5 nitrogen and oxygen atoms in total. The summed E-state index contributed by atoms with van der Waals surface area (Å²) in [6.07, 6.45) is 0. The van der Waals surface area contributed by atoms with Crippen LogP contribution in [0, 0.1) is 0 Å². The fraction of sp³-hybridized carbons (Fsp3) is 0.600. The maximum absolute atomic E-state index is 10.6. The van der Waals surface area contributed by atoms with E-state index < -0.39 is 5.97 Å². The van der Waals surface area contributed by atoms with Crippen LogP contribution in [0.2, 0.25) is 0 Å². The van der Waals surface area contributed by atoms with Gasteiger partial charge in [0.05, 0.1) is 6.54 Å². The summed E-state index contributed by atoms with van der Waals surface area (Å²) in [6, 6.07) is 0. The van der Waals surface area contributed by atoms with Crippen molar-refractivity contribution in [3.05, 3.63) is 0 Å². The van der Waals surface area contributed by atoms with Crippen LogP contribution in [-0.2, 0) is 9.59 Å². The maximum atomic E-state index is 10.6. The Kier molecular flexibility index (Phi) is 3.42. The lowest BCUT2D eigenvalue weighted by atomic mass is 10.6. The second-order valence-corrected chi connectivity index (χ2v) is 1.85. The van der Waals surface area contributed by atoms with Gasteiger partial charge < -0.3 is 15.7 Å². The summed E-state index contributed by atoms with van der Waals surface area (Å²) in [6.45, 7) is -0.445. The van der Waals surface area contributed by atoms with E-state index >= 15 is 0 Å². The van der Waals surface area contributed by atoms with E-state index in [0.29, 0.717) is 0 Å². The number of carboxylic acids is 1. The number of likely N-dealkylation sites (N-methyl/N-ethyl adjacent to an activating group) is 1. The van der Waals surface area contributed by atoms with Crippen LogP contribution in [0.1, 0.15) is 0 Å². The van der Waals surface area contributed by atoms with Gasteiger partial charge in [-0.3, -0.25) is 9.59 Å². The lowest BCUT2D eigenvalue weighted by Crippen LogP contribution is -2.36. The van der Waals surface area contributed by atoms with Crippen LogP contribution in [-0.4, -0.2) is 42.0 Å². The first-order chi connectivity index (χ1) is 4.57. The Hall–Kier alpha value is -1.10. The fourth-order valence-electron chi connectivity index (χ4n) is 0.447. The first kappa shape index (κ1) is 8.90. The Morgan fingerprint density at radius 3 is 2.50 bits per heavy atom. The van der Waals surface area contributed by atoms with Crippen LogP contribution < -0.4 is 5.73 Å². The highest BCUT2D eigenvalue weighted by atomic mass is 16.4. The summed E-state index contributed by atoms with van der Waals surface area (Å²) in [5.74, 6) is -1.41. The Bertz CT molecular complexity index is 146. The lowest BCUT2D eigenvalue weighted by Gasteiger charge is -2.11. The van der Waals surface area contributed by atoms with Gasteiger partial charge >= 0.3 is 5.97 Å². The van der Waals surface area contributed by atoms with E-state index in [2.05, 4.69) is 0 Å². The molecule has 1 amide bonds. The molecule has 0 aromatic heterocycles. The van der Waals surface area contributed by atoms with Crippen LogP contribution in [0.25, 0.3) is 0 Å². The predicted octanol–water partition coefficient (Wildman–Crippen LogP) is -1.51. The number of hydrogen-bond acceptors (Lipinski definition) is 3. The maximum Gasteiger partial charge on any atom is 0.323 e. The molecular formula is C5H10N2O3. The van der Waals surface area contributed by atoms with Crippen molar-refractivity contribution in [1.82, 2.24) is 4.90 Å². The molecule has 0 aliphatic rings. The van der Waals surface area contributed by atoms with Gasteiger partial charge in [-0.05, 0) is 0 Å². The molecule has 0 spiro atoms. The van der Waals surface area contributed by atoms with Gasteiger partial charge in [-0.1, -0.05) is 0 Å². The second kappa shape index (κ2) is 3.84. The average molecular weight is 148 g/mol. The Labute approximate surface area is 58.4 Å². The third-order valence-electron chi connectivity index (χ3n) is 0.973. The Morgan fingerprint density at radius 1 is 1.70 bits per heavy atom. The van der Waals surface area contributed by atoms with Crippen molar-refractivity contribution in [1.29, 1.82) is 0 Å². The van der Waals surface area contributed by atoms with Crippen molar-refractivity contribution in [2.75, 3.05) is 20.1 Å². The molecule has 0 radical (unpaired) electrons. The van der Waals surface area contributed by atoms with Gasteiger partial charge in [0.2, 0.25) is 5.91 Å². The van der Waals surface area contributed by atoms with Crippen molar-refractivity contribution in [3.8, 4) is 0 Å². The van der Waals surface area contributed by atoms with E-state index in [4.69, 9.17) is 10.8 Å². The van der Waals surface area contributed by atoms with Gasteiger partial charge in [0, 0.05) is 7.05 Å². The number of carbonyl (C=O) groups excluding carboxylic acids is 1. The minimum absolute atomic E-state index is 0.149. The summed E-state index contributed by atoms with van der Waals surface area (Å²) in [7, 11) is 1.39. The molecule has 0 fully saturated rings. The zero-order valence-electron chi connectivity index (χ0n) is 5.70. The molecule has 5 heteroatoms. The number of carboxylic acid groups (broad SMARTS) is 1. The molecular weight excluding hydrogens is 138 g/mol. The lowest BCUT2D eigenvalue weighted by molar-refractivity contribution is -0.142. The zero-order chi connectivity index (χ0) is 8.15. The molecule has 3 N–H and O–H groups in total. The van der Waals surface area contributed by atoms with E-state index in [-0.39, 0.29) is 19.0 Å². The van der Waals surface area contributed by atoms with Crippen LogP contribution in [0.15, 0.2) is 0 Å². The quantitative estimate of drug-likeness (QED) is 0.509. The van der Waals surface area contributed by atoms with Crippen LogP contribution in [0.3, 0.4) is 0 Å². The minimum Gasteiger partial charge on any atom is -0.480 e. The smallest absolute Gasteiger partial charge is 0.323 e. The molecule has 0 unspecified atom stereocenters. The molecule has 0 saturated heterocycles. The first-order valence-corrected chi connectivity index (χ1v) is 2.73. The van der Waals surface area contributed by atoms with Gasteiger partial charge in [-0.15, -0.1) is 0 Å². The molecule has 0 rings (SSSR count). The normalized spacial score (nSPS) is 9.00. The molecule has 0 aliphatic carbocycles. The third kappa shape index (κ3) is 3.03. The van der Waals surface area contributed by atoms with Gasteiger partial charge in [0.25, 0.3) is 0 Å². The van der Waals surface area contributed by atoms with E-state index in [1.165, 1.54) is 7.05 Å². The summed E-state index contributed by atoms with van der Waals surface area (Å²) in [5.41, 5.74) is 4.96. The molecule has 0 aromatic carbocycles. The van der Waals surface area contributed by atoms with Gasteiger partial charge in [-0.25, -0.2) is 0 Å². The second-order valence-electron chi connectivity index (χ2n) is 1.85. The number of carbonyl (C=O) groups is 2. The zero-order valence-corrected chi connectivity index (χ0v) is 5.70. The number of nitrogens with two attached hydrogens (primary N) is 1. The van der Waals surface area contributed by atoms with E-state index in [1.54, 1.807) is 0 Å². The molecule has 58 valence electrons. The largest absolute Gasteiger partial charge is 0.480 e. The molecule has 0 saturated carbocycles. The number of amides is 1. The fourth-order valence-corrected chi connectivity index (χ4v) is 0.447. The molecule has 0 aromatic rings. The summed E-state index contributed by atoms with van der Waals surface area (Å²) in [4.78, 5) is 21.6. The molecule has 0 bridgehead atoms. The molecule has 10 heavy (non-hydrogen) atoms. The van der Waals surface area contributed by atoms with E-state index in [1.807, 2.05) is 0 Å². The van der Waals surface area contributed by atoms with Gasteiger partial charge in [0.1, 0.15) is 6.54 Å². The number of aliphatic carboxylic acids is 1. The Morgan fingerprint density at radius 2 is 2.20 bits per heavy atom. The van der Waals surface area contributed by atoms with Crippen molar-refractivity contribution in [3.63, 3.8) is 0 Å². The van der Waals surface area contributed by atoms with Crippen molar-refractivity contribution >= 4 is 11.9 Å². The molecule has 0 atom stereocenters. The van der Waals surface area contributed by atoms with Crippen LogP contribution >= 0.6 is 0 Å². The van der Waals surface area contributed by atoms with Crippen molar-refractivity contribution in [2.24, 2.45) is 5.73 Å². The number of nitrogens with zero attached hydrogens (tertiary/aromatic N) is 1. The molecule has 0 aliphatic heterocycles. The standard InChI is InChI=1S/C5H10N2O3/c1-7(3-5(9)10)4(8)2-6/h2-3,6H2,1H3,(H,9,10)/i2+2. The van der Waals surface area contributed by atoms with E-state index in [9.17, 15) is 9.59 Å². The topological polar surface area (TPSA) is 83.6 Å². The van der Waals surface area contributed by atoms with Crippen molar-refractivity contribution < 1.29 is 14.7 Å². The monoisotopic (exact) mass is 148 g/mol. The third-order valence-corrected chi connectivity index (χ3v) is 0.973. The van der Waals surface area contributed by atoms with Gasteiger partial charge in [-0.2, -0.15) is 0 Å². The minimum atomic E-state index is -1.04. The highest BCUT2D eigenvalue weighted by Gasteiger charge is 2.08. The van der Waals surface area contributed by atoms with Crippen LogP contribution in [0.5, 0.6) is 0 Å². The summed E-state index contributed by atoms with van der Waals surface area (Å²) >= 11 is 0. The molecule has 0 heterocycles. The van der Waals surface area contributed by atoms with Gasteiger partial charge in [0.15, 0.2) is 0 Å². The average Bonchev–Trinajstić information content (AvgIpc) is 1.85. The van der Waals surface area contributed by atoms with Crippen LogP contribution in [0.4, 0.5) is 0 Å². The van der Waals surface area contributed by atoms with Crippen molar-refractivity contribution in [2.45, 2.75) is 0 Å². The Balaban J connectivity index is 3.72. The summed E-state index contributed by atoms with van der Waals surface area (Å²) in [5, 5.41) is 8.19. The predicted molar refractivity (Wildman–Crippen MR) is 34.3 cm³/mol. The summed E-state index contributed by atoms with van der Waals surface area (Å²) < 4.78 is 0. The number of rotatable bonds is 3.